The smallest absolute Gasteiger partial charge is 0.338 e. The zero-order valence-corrected chi connectivity index (χ0v) is 6.30. The highest BCUT2D eigenvalue weighted by molar-refractivity contribution is 6.35. The van der Waals surface area contributed by atoms with Crippen LogP contribution in [0.4, 0.5) is 0 Å². The first kappa shape index (κ1) is 8.10. The number of dihydropyridines is 1. The van der Waals surface area contributed by atoms with Gasteiger partial charge in [-0.25, -0.2) is 4.79 Å². The van der Waals surface area contributed by atoms with Crippen LogP contribution in [0.15, 0.2) is 22.9 Å². The number of carboxylic acid groups (broad SMARTS) is 1. The van der Waals surface area contributed by atoms with Gasteiger partial charge in [0.05, 0.1) is 16.8 Å². The largest absolute Gasteiger partial charge is 0.478 e. The fourth-order valence-corrected chi connectivity index (χ4v) is 0.979. The molecule has 0 spiro atoms. The van der Waals surface area contributed by atoms with E-state index in [9.17, 15) is 4.79 Å². The van der Waals surface area contributed by atoms with Crippen LogP contribution in [0.2, 0.25) is 0 Å². The Balaban J connectivity index is 2.86. The van der Waals surface area contributed by atoms with Crippen LogP contribution in [-0.4, -0.2) is 17.2 Å². The van der Waals surface area contributed by atoms with Crippen molar-refractivity contribution in [3.05, 3.63) is 22.9 Å². The number of nitrogens with two attached hydrogens (primary N) is 1. The van der Waals surface area contributed by atoms with Gasteiger partial charge in [-0.05, 0) is 6.08 Å². The number of carbonyl (C=O) groups is 1. The van der Waals surface area contributed by atoms with Crippen LogP contribution in [0, 0.1) is 0 Å². The molecule has 0 aromatic heterocycles. The van der Waals surface area contributed by atoms with Gasteiger partial charge in [0, 0.05) is 6.20 Å². The molecule has 60 valence electrons. The monoisotopic (exact) mass is 174 g/mol. The Kier molecular flexibility index (Phi) is 2.16. The normalized spacial score (nSPS) is 23.3. The number of rotatable bonds is 1. The molecule has 11 heavy (non-hydrogen) atoms. The maximum absolute atomic E-state index is 10.4. The number of nitrogens with one attached hydrogen (secondary N) is 1. The molecule has 0 aromatic rings. The van der Waals surface area contributed by atoms with Crippen molar-refractivity contribution in [2.24, 2.45) is 5.73 Å². The minimum Gasteiger partial charge on any atom is -0.478 e. The Bertz CT molecular complexity index is 247. The summed E-state index contributed by atoms with van der Waals surface area (Å²) in [6.45, 7) is 0. The predicted octanol–water partition coefficient (Wildman–Crippen LogP) is -0.0344. The van der Waals surface area contributed by atoms with E-state index < -0.39 is 12.1 Å². The van der Waals surface area contributed by atoms with Gasteiger partial charge in [-0.2, -0.15) is 0 Å². The Labute approximate surface area is 68.3 Å². The van der Waals surface area contributed by atoms with Crippen molar-refractivity contribution in [1.82, 2.24) is 5.32 Å². The fraction of sp³-hybridized carbons (Fsp3) is 0.167. The highest BCUT2D eigenvalue weighted by Crippen LogP contribution is 2.17. The fourth-order valence-electron chi connectivity index (χ4n) is 0.708. The molecule has 0 aliphatic carbocycles. The summed E-state index contributed by atoms with van der Waals surface area (Å²) >= 11 is 5.56. The quantitative estimate of drug-likeness (QED) is 0.522. The van der Waals surface area contributed by atoms with Crippen LogP contribution < -0.4 is 11.1 Å². The summed E-state index contributed by atoms with van der Waals surface area (Å²) in [5.74, 6) is -1.06. The standard InChI is InChI=1S/C6H7ClN2O2/c7-4-1-5(8)9-2-3(4)6(10)11/h1-2,5,9H,8H2,(H,10,11). The van der Waals surface area contributed by atoms with E-state index in [4.69, 9.17) is 22.4 Å². The predicted molar refractivity (Wildman–Crippen MR) is 40.8 cm³/mol. The van der Waals surface area contributed by atoms with E-state index in [0.29, 0.717) is 0 Å². The van der Waals surface area contributed by atoms with Gasteiger partial charge in [-0.15, -0.1) is 0 Å². The summed E-state index contributed by atoms with van der Waals surface area (Å²) in [5.41, 5.74) is 5.41. The van der Waals surface area contributed by atoms with Crippen molar-refractivity contribution < 1.29 is 9.90 Å². The van der Waals surface area contributed by atoms with Gasteiger partial charge < -0.3 is 16.2 Å². The van der Waals surface area contributed by atoms with Crippen molar-refractivity contribution >= 4 is 17.6 Å². The molecule has 0 aromatic carbocycles. The van der Waals surface area contributed by atoms with Gasteiger partial charge in [0.1, 0.15) is 0 Å². The molecule has 1 aliphatic heterocycles. The molecule has 0 fully saturated rings. The Hall–Kier alpha value is -1.00. The third-order valence-electron chi connectivity index (χ3n) is 1.23. The van der Waals surface area contributed by atoms with Crippen molar-refractivity contribution in [2.45, 2.75) is 6.17 Å². The van der Waals surface area contributed by atoms with Crippen molar-refractivity contribution in [2.75, 3.05) is 0 Å². The van der Waals surface area contributed by atoms with Gasteiger partial charge in [0.25, 0.3) is 0 Å². The lowest BCUT2D eigenvalue weighted by Gasteiger charge is -2.14. The molecule has 1 heterocycles. The first-order chi connectivity index (χ1) is 5.11. The number of aliphatic carboxylic acids is 1. The number of halogens is 1. The maximum atomic E-state index is 10.4. The van der Waals surface area contributed by atoms with Crippen molar-refractivity contribution in [3.63, 3.8) is 0 Å². The second-order valence-electron chi connectivity index (χ2n) is 2.07. The minimum absolute atomic E-state index is 0.0355. The summed E-state index contributed by atoms with van der Waals surface area (Å²) in [5, 5.41) is 11.3. The van der Waals surface area contributed by atoms with Crippen molar-refractivity contribution in [1.29, 1.82) is 0 Å². The van der Waals surface area contributed by atoms with Crippen LogP contribution in [-0.2, 0) is 4.79 Å². The molecule has 0 saturated heterocycles. The molecular formula is C6H7ClN2O2. The molecule has 0 saturated carbocycles. The molecule has 5 heteroatoms. The lowest BCUT2D eigenvalue weighted by Crippen LogP contribution is -2.35. The van der Waals surface area contributed by atoms with E-state index in [-0.39, 0.29) is 10.6 Å². The molecule has 0 amide bonds. The third kappa shape index (κ3) is 1.72. The number of hydrogen-bond acceptors (Lipinski definition) is 3. The van der Waals surface area contributed by atoms with Gasteiger partial charge in [-0.3, -0.25) is 0 Å². The molecule has 1 rings (SSSR count). The van der Waals surface area contributed by atoms with Crippen LogP contribution in [0.5, 0.6) is 0 Å². The summed E-state index contributed by atoms with van der Waals surface area (Å²) in [7, 11) is 0. The molecule has 0 bridgehead atoms. The third-order valence-corrected chi connectivity index (χ3v) is 1.56. The second kappa shape index (κ2) is 2.94. The lowest BCUT2D eigenvalue weighted by molar-refractivity contribution is -0.132. The highest BCUT2D eigenvalue weighted by Gasteiger charge is 2.16. The van der Waals surface area contributed by atoms with Gasteiger partial charge in [-0.1, -0.05) is 11.6 Å². The van der Waals surface area contributed by atoms with Crippen molar-refractivity contribution in [3.8, 4) is 0 Å². The van der Waals surface area contributed by atoms with E-state index in [1.54, 1.807) is 0 Å². The van der Waals surface area contributed by atoms with E-state index in [2.05, 4.69) is 5.32 Å². The van der Waals surface area contributed by atoms with E-state index in [1.165, 1.54) is 12.3 Å². The zero-order valence-electron chi connectivity index (χ0n) is 5.54. The second-order valence-corrected chi connectivity index (χ2v) is 2.48. The number of carboxylic acids is 1. The minimum atomic E-state index is -1.06. The Morgan fingerprint density at radius 1 is 1.82 bits per heavy atom. The summed E-state index contributed by atoms with van der Waals surface area (Å²) in [4.78, 5) is 10.4. The highest BCUT2D eigenvalue weighted by atomic mass is 35.5. The van der Waals surface area contributed by atoms with Gasteiger partial charge in [0.2, 0.25) is 0 Å². The van der Waals surface area contributed by atoms with E-state index >= 15 is 0 Å². The molecule has 1 atom stereocenters. The van der Waals surface area contributed by atoms with Gasteiger partial charge >= 0.3 is 5.97 Å². The summed E-state index contributed by atoms with van der Waals surface area (Å²) in [6.07, 6.45) is 2.32. The Morgan fingerprint density at radius 3 is 2.91 bits per heavy atom. The molecule has 4 nitrogen and oxygen atoms in total. The topological polar surface area (TPSA) is 75.4 Å². The molecule has 4 N–H and O–H groups in total. The van der Waals surface area contributed by atoms with Gasteiger partial charge in [0.15, 0.2) is 0 Å². The van der Waals surface area contributed by atoms with Crippen LogP contribution >= 0.6 is 11.6 Å². The number of hydrogen-bond donors (Lipinski definition) is 3. The summed E-state index contributed by atoms with van der Waals surface area (Å²) in [6, 6.07) is 0. The zero-order chi connectivity index (χ0) is 8.43. The van der Waals surface area contributed by atoms with Crippen LogP contribution in [0.1, 0.15) is 0 Å². The first-order valence-electron chi connectivity index (χ1n) is 2.94. The molecule has 1 unspecified atom stereocenters. The van der Waals surface area contributed by atoms with Crippen LogP contribution in [0.25, 0.3) is 0 Å². The SMILES string of the molecule is NC1C=C(Cl)C(C(=O)O)=CN1. The summed E-state index contributed by atoms with van der Waals surface area (Å²) < 4.78 is 0. The first-order valence-corrected chi connectivity index (χ1v) is 3.32. The maximum Gasteiger partial charge on any atom is 0.338 e. The Morgan fingerprint density at radius 2 is 2.45 bits per heavy atom. The lowest BCUT2D eigenvalue weighted by atomic mass is 10.2. The van der Waals surface area contributed by atoms with E-state index in [0.717, 1.165) is 0 Å². The average Bonchev–Trinajstić information content (AvgIpc) is 1.85. The molecular weight excluding hydrogens is 168 g/mol. The van der Waals surface area contributed by atoms with E-state index in [1.807, 2.05) is 0 Å². The average molecular weight is 175 g/mol. The molecule has 1 aliphatic rings. The van der Waals surface area contributed by atoms with Crippen LogP contribution in [0.3, 0.4) is 0 Å². The molecule has 0 radical (unpaired) electrons.